The SMILES string of the molecule is NC(CC(=O)O)C(=O)NCc1ccc(-c2ccn[nH]2)cc1. The van der Waals surface area contributed by atoms with Gasteiger partial charge in [-0.1, -0.05) is 24.3 Å². The summed E-state index contributed by atoms with van der Waals surface area (Å²) in [4.78, 5) is 22.1. The Hall–Kier alpha value is -2.67. The zero-order chi connectivity index (χ0) is 15.2. The van der Waals surface area contributed by atoms with E-state index in [1.807, 2.05) is 30.3 Å². The lowest BCUT2D eigenvalue weighted by molar-refractivity contribution is -0.139. The van der Waals surface area contributed by atoms with E-state index in [1.54, 1.807) is 6.20 Å². The summed E-state index contributed by atoms with van der Waals surface area (Å²) in [6.45, 7) is 0.301. The molecule has 1 aromatic heterocycles. The fourth-order valence-corrected chi connectivity index (χ4v) is 1.82. The molecule has 110 valence electrons. The molecule has 1 aromatic carbocycles. The number of H-pyrrole nitrogens is 1. The van der Waals surface area contributed by atoms with Crippen molar-refractivity contribution >= 4 is 11.9 Å². The van der Waals surface area contributed by atoms with Crippen LogP contribution in [0.2, 0.25) is 0 Å². The van der Waals surface area contributed by atoms with Crippen LogP contribution in [0.1, 0.15) is 12.0 Å². The van der Waals surface area contributed by atoms with E-state index in [-0.39, 0.29) is 6.42 Å². The predicted octanol–water partition coefficient (Wildman–Crippen LogP) is 0.495. The van der Waals surface area contributed by atoms with Gasteiger partial charge in [-0.05, 0) is 17.2 Å². The highest BCUT2D eigenvalue weighted by atomic mass is 16.4. The normalized spacial score (nSPS) is 11.9. The van der Waals surface area contributed by atoms with Crippen molar-refractivity contribution < 1.29 is 14.7 Å². The number of carbonyl (C=O) groups excluding carboxylic acids is 1. The number of aromatic amines is 1. The second-order valence-electron chi connectivity index (χ2n) is 4.59. The van der Waals surface area contributed by atoms with Gasteiger partial charge in [0, 0.05) is 12.7 Å². The highest BCUT2D eigenvalue weighted by molar-refractivity contribution is 5.85. The standard InChI is InChI=1S/C14H16N4O3/c15-11(7-13(19)20)14(21)16-8-9-1-3-10(4-2-9)12-5-6-17-18-12/h1-6,11H,7-8,15H2,(H,16,21)(H,17,18)(H,19,20). The summed E-state index contributed by atoms with van der Waals surface area (Å²) in [5.74, 6) is -1.57. The number of carbonyl (C=O) groups is 2. The number of carboxylic acids is 1. The van der Waals surface area contributed by atoms with E-state index >= 15 is 0 Å². The van der Waals surface area contributed by atoms with Gasteiger partial charge in [-0.3, -0.25) is 14.7 Å². The third kappa shape index (κ3) is 4.15. The van der Waals surface area contributed by atoms with E-state index in [0.717, 1.165) is 16.8 Å². The third-order valence-electron chi connectivity index (χ3n) is 2.96. The lowest BCUT2D eigenvalue weighted by Crippen LogP contribution is -2.41. The quantitative estimate of drug-likeness (QED) is 0.616. The Morgan fingerprint density at radius 1 is 1.29 bits per heavy atom. The van der Waals surface area contributed by atoms with Crippen LogP contribution in [-0.4, -0.2) is 33.2 Å². The molecule has 0 fully saturated rings. The molecule has 0 bridgehead atoms. The first-order chi connectivity index (χ1) is 10.1. The molecule has 2 aromatic rings. The summed E-state index contributed by atoms with van der Waals surface area (Å²) in [6, 6.07) is 8.39. The van der Waals surface area contributed by atoms with Crippen molar-refractivity contribution in [1.29, 1.82) is 0 Å². The third-order valence-corrected chi connectivity index (χ3v) is 2.96. The summed E-state index contributed by atoms with van der Waals surface area (Å²) in [7, 11) is 0. The number of aromatic nitrogens is 2. The molecule has 1 unspecified atom stereocenters. The van der Waals surface area contributed by atoms with Crippen molar-refractivity contribution in [3.63, 3.8) is 0 Å². The van der Waals surface area contributed by atoms with Crippen molar-refractivity contribution in [2.45, 2.75) is 19.0 Å². The maximum Gasteiger partial charge on any atom is 0.305 e. The number of nitrogens with one attached hydrogen (secondary N) is 2. The minimum absolute atomic E-state index is 0.301. The number of aliphatic carboxylic acids is 1. The second kappa shape index (κ2) is 6.67. The Kier molecular flexibility index (Phi) is 4.68. The number of amides is 1. The summed E-state index contributed by atoms with van der Waals surface area (Å²) in [5.41, 5.74) is 8.27. The molecule has 7 heteroatoms. The van der Waals surface area contributed by atoms with Crippen molar-refractivity contribution in [1.82, 2.24) is 15.5 Å². The first-order valence-electron chi connectivity index (χ1n) is 6.40. The van der Waals surface area contributed by atoms with Crippen LogP contribution >= 0.6 is 0 Å². The fraction of sp³-hybridized carbons (Fsp3) is 0.214. The molecule has 1 atom stereocenters. The molecular weight excluding hydrogens is 272 g/mol. The molecule has 1 amide bonds. The molecule has 21 heavy (non-hydrogen) atoms. The lowest BCUT2D eigenvalue weighted by Gasteiger charge is -2.10. The Bertz CT molecular complexity index is 608. The van der Waals surface area contributed by atoms with E-state index in [2.05, 4.69) is 15.5 Å². The van der Waals surface area contributed by atoms with Gasteiger partial charge < -0.3 is 16.2 Å². The molecule has 0 saturated heterocycles. The molecule has 0 aliphatic rings. The van der Waals surface area contributed by atoms with E-state index < -0.39 is 17.9 Å². The summed E-state index contributed by atoms with van der Waals surface area (Å²) < 4.78 is 0. The minimum atomic E-state index is -1.10. The van der Waals surface area contributed by atoms with Gasteiger partial charge in [0.2, 0.25) is 5.91 Å². The van der Waals surface area contributed by atoms with Gasteiger partial charge in [0.25, 0.3) is 0 Å². The Morgan fingerprint density at radius 2 is 2.00 bits per heavy atom. The van der Waals surface area contributed by atoms with Crippen molar-refractivity contribution in [3.05, 3.63) is 42.1 Å². The maximum absolute atomic E-state index is 11.6. The molecule has 0 saturated carbocycles. The van der Waals surface area contributed by atoms with Gasteiger partial charge in [-0.15, -0.1) is 0 Å². The average Bonchev–Trinajstić information content (AvgIpc) is 2.98. The van der Waals surface area contributed by atoms with Crippen LogP contribution in [0.4, 0.5) is 0 Å². The number of rotatable bonds is 6. The number of carboxylic acid groups (broad SMARTS) is 1. The molecule has 0 spiro atoms. The smallest absolute Gasteiger partial charge is 0.305 e. The fourth-order valence-electron chi connectivity index (χ4n) is 1.82. The molecule has 0 radical (unpaired) electrons. The topological polar surface area (TPSA) is 121 Å². The Labute approximate surface area is 121 Å². The van der Waals surface area contributed by atoms with Crippen LogP contribution in [0.3, 0.4) is 0 Å². The summed E-state index contributed by atoms with van der Waals surface area (Å²) in [5, 5.41) is 17.9. The first kappa shape index (κ1) is 14.7. The maximum atomic E-state index is 11.6. The monoisotopic (exact) mass is 288 g/mol. The van der Waals surface area contributed by atoms with Crippen LogP contribution in [0, 0.1) is 0 Å². The lowest BCUT2D eigenvalue weighted by atomic mass is 10.1. The number of hydrogen-bond donors (Lipinski definition) is 4. The van der Waals surface area contributed by atoms with Crippen molar-refractivity contribution in [2.24, 2.45) is 5.73 Å². The zero-order valence-electron chi connectivity index (χ0n) is 11.2. The highest BCUT2D eigenvalue weighted by Gasteiger charge is 2.16. The van der Waals surface area contributed by atoms with Gasteiger partial charge >= 0.3 is 5.97 Å². The van der Waals surface area contributed by atoms with Crippen LogP contribution < -0.4 is 11.1 Å². The summed E-state index contributed by atoms with van der Waals surface area (Å²) >= 11 is 0. The Balaban J connectivity index is 1.89. The number of nitrogens with two attached hydrogens (primary N) is 1. The number of nitrogens with zero attached hydrogens (tertiary/aromatic N) is 1. The molecular formula is C14H16N4O3. The minimum Gasteiger partial charge on any atom is -0.481 e. The van der Waals surface area contributed by atoms with E-state index in [0.29, 0.717) is 6.54 Å². The van der Waals surface area contributed by atoms with Gasteiger partial charge in [-0.2, -0.15) is 5.10 Å². The van der Waals surface area contributed by atoms with Crippen molar-refractivity contribution in [3.8, 4) is 11.3 Å². The first-order valence-corrected chi connectivity index (χ1v) is 6.40. The molecule has 0 aliphatic carbocycles. The summed E-state index contributed by atoms with van der Waals surface area (Å²) in [6.07, 6.45) is 1.29. The molecule has 0 aliphatic heterocycles. The van der Waals surface area contributed by atoms with Crippen molar-refractivity contribution in [2.75, 3.05) is 0 Å². The van der Waals surface area contributed by atoms with Crippen LogP contribution in [0.25, 0.3) is 11.3 Å². The van der Waals surface area contributed by atoms with Gasteiger partial charge in [0.05, 0.1) is 18.2 Å². The average molecular weight is 288 g/mol. The van der Waals surface area contributed by atoms with Crippen LogP contribution in [0.5, 0.6) is 0 Å². The van der Waals surface area contributed by atoms with Gasteiger partial charge in [0.1, 0.15) is 0 Å². The van der Waals surface area contributed by atoms with Crippen LogP contribution in [0.15, 0.2) is 36.5 Å². The van der Waals surface area contributed by atoms with E-state index in [1.165, 1.54) is 0 Å². The van der Waals surface area contributed by atoms with E-state index in [4.69, 9.17) is 10.8 Å². The number of benzene rings is 1. The molecule has 5 N–H and O–H groups in total. The second-order valence-corrected chi connectivity index (χ2v) is 4.59. The van der Waals surface area contributed by atoms with E-state index in [9.17, 15) is 9.59 Å². The highest BCUT2D eigenvalue weighted by Crippen LogP contribution is 2.16. The number of hydrogen-bond acceptors (Lipinski definition) is 4. The molecule has 2 rings (SSSR count). The zero-order valence-corrected chi connectivity index (χ0v) is 11.2. The largest absolute Gasteiger partial charge is 0.481 e. The molecule has 1 heterocycles. The predicted molar refractivity (Wildman–Crippen MR) is 76.1 cm³/mol. The molecule has 7 nitrogen and oxygen atoms in total. The van der Waals surface area contributed by atoms with Gasteiger partial charge in [-0.25, -0.2) is 0 Å². The van der Waals surface area contributed by atoms with Gasteiger partial charge in [0.15, 0.2) is 0 Å². The Morgan fingerprint density at radius 3 is 2.57 bits per heavy atom. The van der Waals surface area contributed by atoms with Crippen LogP contribution in [-0.2, 0) is 16.1 Å².